The normalized spacial score (nSPS) is 17.6. The Kier molecular flexibility index (Phi) is 11.5. The highest BCUT2D eigenvalue weighted by atomic mass is 32.2. The number of amides is 3. The van der Waals surface area contributed by atoms with E-state index < -0.39 is 51.3 Å². The molecule has 0 saturated carbocycles. The summed E-state index contributed by atoms with van der Waals surface area (Å²) >= 11 is 0. The molecule has 1 aromatic heterocycles. The number of anilines is 5. The Labute approximate surface area is 338 Å². The second kappa shape index (κ2) is 16.4. The minimum atomic E-state index is -4.73. The van der Waals surface area contributed by atoms with Gasteiger partial charge in [-0.15, -0.1) is 0 Å². The first kappa shape index (κ1) is 41.3. The topological polar surface area (TPSA) is 160 Å². The number of rotatable bonds is 12. The van der Waals surface area contributed by atoms with Crippen LogP contribution >= 0.6 is 0 Å². The van der Waals surface area contributed by atoms with Crippen molar-refractivity contribution in [2.75, 3.05) is 53.3 Å². The van der Waals surface area contributed by atoms with Crippen LogP contribution in [0.15, 0.2) is 66.9 Å². The molecule has 312 valence electrons. The molecule has 3 amide bonds. The lowest BCUT2D eigenvalue weighted by Crippen LogP contribution is -2.52. The lowest BCUT2D eigenvalue weighted by Gasteiger charge is -2.38. The van der Waals surface area contributed by atoms with Crippen LogP contribution in [-0.4, -0.2) is 91.4 Å². The molecule has 0 aliphatic carbocycles. The molecule has 14 nitrogen and oxygen atoms in total. The standard InChI is InChI=1S/C40H43F4N9O5S/c1-50(22-26-18-25-23-53(38(56)31(25)19-33(26)41)34-11-12-35(54)48-37(34)55)28-13-15-52(16-14-28)29-9-7-27(8-10-29)47-39-46-21-32(40(42,43)44)36(49-39)45-20-24-5-4-6-30(17-24)51(2)59(3,57)58/h4-10,17-19,21,28,34H,11-16,20,22-23H2,1-3H3,(H,48,54,55)(H2,45,46,47,49). The van der Waals surface area contributed by atoms with E-state index in [1.165, 1.54) is 18.0 Å². The fourth-order valence-corrected chi connectivity index (χ4v) is 8.13. The molecule has 3 N–H and O–H groups in total. The van der Waals surface area contributed by atoms with Gasteiger partial charge in [0.15, 0.2) is 0 Å². The third-order valence-electron chi connectivity index (χ3n) is 11.0. The maximum atomic E-state index is 15.3. The largest absolute Gasteiger partial charge is 0.421 e. The van der Waals surface area contributed by atoms with Crippen LogP contribution in [0, 0.1) is 5.82 Å². The van der Waals surface area contributed by atoms with Gasteiger partial charge < -0.3 is 20.4 Å². The number of carbonyl (C=O) groups excluding carboxylic acids is 3. The Hall–Kier alpha value is -5.82. The van der Waals surface area contributed by atoms with Gasteiger partial charge in [-0.05, 0) is 86.0 Å². The SMILES string of the molecule is CN(Cc1cc2c(cc1F)C(=O)N(C1CCC(=O)NC1=O)C2)C1CCN(c2ccc(Nc3ncc(C(F)(F)F)c(NCc4cccc(N(C)S(C)(=O)=O)c4)n3)cc2)CC1. The summed E-state index contributed by atoms with van der Waals surface area (Å²) in [5.41, 5.74) is 2.70. The Morgan fingerprint density at radius 3 is 2.39 bits per heavy atom. The van der Waals surface area contributed by atoms with Crippen molar-refractivity contribution in [2.45, 2.75) is 63.6 Å². The number of hydrogen-bond donors (Lipinski definition) is 3. The highest BCUT2D eigenvalue weighted by molar-refractivity contribution is 7.92. The number of piperidine rings is 2. The first-order valence-corrected chi connectivity index (χ1v) is 20.8. The summed E-state index contributed by atoms with van der Waals surface area (Å²) < 4.78 is 82.1. The Morgan fingerprint density at radius 2 is 1.71 bits per heavy atom. The number of halogens is 4. The molecule has 2 fully saturated rings. The first-order valence-electron chi connectivity index (χ1n) is 18.9. The van der Waals surface area contributed by atoms with Gasteiger partial charge in [0.05, 0.1) is 11.9 Å². The highest BCUT2D eigenvalue weighted by Crippen LogP contribution is 2.35. The molecule has 2 saturated heterocycles. The van der Waals surface area contributed by atoms with Crippen LogP contribution in [0.5, 0.6) is 0 Å². The fraction of sp³-hybridized carbons (Fsp3) is 0.375. The highest BCUT2D eigenvalue weighted by Gasteiger charge is 2.40. The van der Waals surface area contributed by atoms with Crippen LogP contribution in [0.3, 0.4) is 0 Å². The van der Waals surface area contributed by atoms with Crippen LogP contribution in [-0.2, 0) is 45.4 Å². The predicted octanol–water partition coefficient (Wildman–Crippen LogP) is 5.25. The third kappa shape index (κ3) is 9.25. The van der Waals surface area contributed by atoms with Gasteiger partial charge >= 0.3 is 6.18 Å². The van der Waals surface area contributed by atoms with Gasteiger partial charge in [0.25, 0.3) is 5.91 Å². The second-order valence-electron chi connectivity index (χ2n) is 15.0. The fourth-order valence-electron chi connectivity index (χ4n) is 7.63. The number of nitrogens with one attached hydrogen (secondary N) is 3. The maximum Gasteiger partial charge on any atom is 0.421 e. The molecule has 3 aromatic carbocycles. The zero-order chi connectivity index (χ0) is 42.2. The molecule has 1 atom stereocenters. The minimum absolute atomic E-state index is 0.0549. The number of alkyl halides is 3. The molecule has 4 aromatic rings. The van der Waals surface area contributed by atoms with Crippen molar-refractivity contribution in [1.29, 1.82) is 0 Å². The van der Waals surface area contributed by atoms with Crippen molar-refractivity contribution < 1.29 is 40.4 Å². The van der Waals surface area contributed by atoms with Crippen LogP contribution in [0.2, 0.25) is 0 Å². The van der Waals surface area contributed by atoms with Gasteiger partial charge in [0, 0.05) is 80.9 Å². The lowest BCUT2D eigenvalue weighted by atomic mass is 10.0. The molecule has 19 heteroatoms. The molecule has 0 radical (unpaired) electrons. The first-order chi connectivity index (χ1) is 27.9. The van der Waals surface area contributed by atoms with Crippen LogP contribution in [0.1, 0.15) is 58.3 Å². The van der Waals surface area contributed by atoms with Gasteiger partial charge in [-0.25, -0.2) is 17.8 Å². The van der Waals surface area contributed by atoms with Crippen molar-refractivity contribution in [1.82, 2.24) is 25.1 Å². The van der Waals surface area contributed by atoms with Gasteiger partial charge in [-0.2, -0.15) is 18.2 Å². The lowest BCUT2D eigenvalue weighted by molar-refractivity contribution is -0.138. The molecular weight excluding hydrogens is 795 g/mol. The van der Waals surface area contributed by atoms with Gasteiger partial charge in [0.1, 0.15) is 23.2 Å². The number of aromatic nitrogens is 2. The quantitative estimate of drug-likeness (QED) is 0.126. The van der Waals surface area contributed by atoms with E-state index >= 15 is 4.39 Å². The summed E-state index contributed by atoms with van der Waals surface area (Å²) in [6.07, 6.45) is -0.991. The Balaban J connectivity index is 0.939. The molecule has 0 bridgehead atoms. The van der Waals surface area contributed by atoms with E-state index in [1.807, 2.05) is 19.2 Å². The molecule has 59 heavy (non-hydrogen) atoms. The van der Waals surface area contributed by atoms with Crippen molar-refractivity contribution >= 4 is 56.6 Å². The van der Waals surface area contributed by atoms with Gasteiger partial charge in [-0.3, -0.25) is 28.9 Å². The van der Waals surface area contributed by atoms with E-state index in [-0.39, 0.29) is 49.4 Å². The minimum Gasteiger partial charge on any atom is -0.371 e. The average molecular weight is 838 g/mol. The number of carbonyl (C=O) groups is 3. The Morgan fingerprint density at radius 1 is 0.983 bits per heavy atom. The van der Waals surface area contributed by atoms with E-state index in [0.29, 0.717) is 40.8 Å². The number of hydrogen-bond acceptors (Lipinski definition) is 11. The van der Waals surface area contributed by atoms with Gasteiger partial charge in [0.2, 0.25) is 27.8 Å². The molecule has 1 unspecified atom stereocenters. The molecule has 4 heterocycles. The molecular formula is C40H43F4N9O5S. The number of nitrogens with zero attached hydrogens (tertiary/aromatic N) is 6. The van der Waals surface area contributed by atoms with Crippen molar-refractivity contribution in [3.05, 3.63) is 100 Å². The summed E-state index contributed by atoms with van der Waals surface area (Å²) in [5, 5.41) is 7.98. The number of fused-ring (bicyclic) bond motifs is 1. The van der Waals surface area contributed by atoms with Crippen molar-refractivity contribution in [3.8, 4) is 0 Å². The molecule has 3 aliphatic rings. The zero-order valence-electron chi connectivity index (χ0n) is 32.5. The number of imide groups is 1. The van der Waals surface area contributed by atoms with E-state index in [2.05, 4.69) is 35.7 Å². The molecule has 0 spiro atoms. The summed E-state index contributed by atoms with van der Waals surface area (Å²) in [5.74, 6) is -2.29. The number of sulfonamides is 1. The monoisotopic (exact) mass is 837 g/mol. The second-order valence-corrected chi connectivity index (χ2v) is 17.0. The number of benzene rings is 3. The molecule has 7 rings (SSSR count). The van der Waals surface area contributed by atoms with E-state index in [4.69, 9.17) is 0 Å². The zero-order valence-corrected chi connectivity index (χ0v) is 33.3. The predicted molar refractivity (Wildman–Crippen MR) is 213 cm³/mol. The summed E-state index contributed by atoms with van der Waals surface area (Å²) in [6, 6.07) is 16.1. The van der Waals surface area contributed by atoms with E-state index in [9.17, 15) is 36.0 Å². The smallest absolute Gasteiger partial charge is 0.371 e. The van der Waals surface area contributed by atoms with Crippen LogP contribution in [0.4, 0.5) is 46.4 Å². The summed E-state index contributed by atoms with van der Waals surface area (Å²) in [6.45, 7) is 1.90. The Bertz CT molecular complexity index is 2370. The average Bonchev–Trinajstić information content (AvgIpc) is 3.50. The van der Waals surface area contributed by atoms with Crippen molar-refractivity contribution in [2.24, 2.45) is 0 Å². The molecule has 3 aliphatic heterocycles. The third-order valence-corrected chi connectivity index (χ3v) is 12.2. The van der Waals surface area contributed by atoms with E-state index in [0.717, 1.165) is 42.2 Å². The van der Waals surface area contributed by atoms with E-state index in [1.54, 1.807) is 42.5 Å². The van der Waals surface area contributed by atoms with Crippen molar-refractivity contribution in [3.63, 3.8) is 0 Å². The van der Waals surface area contributed by atoms with Gasteiger partial charge in [-0.1, -0.05) is 12.1 Å². The maximum absolute atomic E-state index is 15.3. The summed E-state index contributed by atoms with van der Waals surface area (Å²) in [7, 11) is -0.209. The van der Waals surface area contributed by atoms with Crippen LogP contribution < -0.4 is 25.2 Å². The summed E-state index contributed by atoms with van der Waals surface area (Å²) in [4.78, 5) is 50.9. The van der Waals surface area contributed by atoms with Crippen LogP contribution in [0.25, 0.3) is 0 Å².